The molecule has 3 aromatic heterocycles. The van der Waals surface area contributed by atoms with E-state index in [1.165, 1.54) is 5.69 Å². The first kappa shape index (κ1) is 17.9. The van der Waals surface area contributed by atoms with Crippen LogP contribution < -0.4 is 10.2 Å². The molecule has 1 aliphatic heterocycles. The summed E-state index contributed by atoms with van der Waals surface area (Å²) in [5.41, 5.74) is 5.75. The Hall–Kier alpha value is -3.91. The predicted molar refractivity (Wildman–Crippen MR) is 121 cm³/mol. The molecule has 0 amide bonds. The average Bonchev–Trinajstić information content (AvgIpc) is 3.46. The van der Waals surface area contributed by atoms with Gasteiger partial charge in [-0.2, -0.15) is 4.98 Å². The van der Waals surface area contributed by atoms with Crippen LogP contribution in [0.25, 0.3) is 27.8 Å². The zero-order valence-electron chi connectivity index (χ0n) is 16.8. The fourth-order valence-electron chi connectivity index (χ4n) is 4.06. The van der Waals surface area contributed by atoms with Crippen LogP contribution in [-0.4, -0.2) is 50.9 Å². The number of hydrogen-bond acceptors (Lipinski definition) is 6. The SMILES string of the molecule is c1cc(-c2nccn3nc(Nc4ccc(N5CCOCC5)cc4)nc23)c2cc[nH]c2c1. The maximum Gasteiger partial charge on any atom is 0.247 e. The Morgan fingerprint density at radius 1 is 1.00 bits per heavy atom. The molecule has 154 valence electrons. The third kappa shape index (κ3) is 3.27. The van der Waals surface area contributed by atoms with Crippen molar-refractivity contribution in [3.05, 3.63) is 67.1 Å². The van der Waals surface area contributed by atoms with Gasteiger partial charge in [0.1, 0.15) is 5.69 Å². The molecular formula is C23H21N7O. The van der Waals surface area contributed by atoms with Crippen molar-refractivity contribution in [1.29, 1.82) is 0 Å². The van der Waals surface area contributed by atoms with Crippen molar-refractivity contribution in [2.45, 2.75) is 0 Å². The number of nitrogens with zero attached hydrogens (tertiary/aromatic N) is 5. The topological polar surface area (TPSA) is 83.4 Å². The summed E-state index contributed by atoms with van der Waals surface area (Å²) in [6.07, 6.45) is 5.50. The van der Waals surface area contributed by atoms with Crippen molar-refractivity contribution in [2.75, 3.05) is 36.5 Å². The van der Waals surface area contributed by atoms with Crippen molar-refractivity contribution in [3.63, 3.8) is 0 Å². The Balaban J connectivity index is 1.31. The second-order valence-corrected chi connectivity index (χ2v) is 7.50. The van der Waals surface area contributed by atoms with Crippen LogP contribution in [0.3, 0.4) is 0 Å². The quantitative estimate of drug-likeness (QED) is 0.467. The highest BCUT2D eigenvalue weighted by molar-refractivity contribution is 5.97. The van der Waals surface area contributed by atoms with Gasteiger partial charge in [0, 0.05) is 59.5 Å². The summed E-state index contributed by atoms with van der Waals surface area (Å²) in [5, 5.41) is 9.02. The first-order chi connectivity index (χ1) is 15.3. The molecule has 0 saturated carbocycles. The normalized spacial score (nSPS) is 14.4. The molecule has 0 unspecified atom stereocenters. The maximum absolute atomic E-state index is 5.43. The van der Waals surface area contributed by atoms with E-state index in [0.717, 1.165) is 54.2 Å². The molecule has 1 aliphatic rings. The predicted octanol–water partition coefficient (Wildman–Crippen LogP) is 3.85. The van der Waals surface area contributed by atoms with Crippen molar-refractivity contribution >= 4 is 33.9 Å². The van der Waals surface area contributed by atoms with Gasteiger partial charge in [0.15, 0.2) is 5.65 Å². The second kappa shape index (κ2) is 7.41. The molecule has 31 heavy (non-hydrogen) atoms. The van der Waals surface area contributed by atoms with Gasteiger partial charge in [-0.25, -0.2) is 4.52 Å². The molecule has 2 N–H and O–H groups in total. The maximum atomic E-state index is 5.43. The monoisotopic (exact) mass is 411 g/mol. The first-order valence-electron chi connectivity index (χ1n) is 10.3. The summed E-state index contributed by atoms with van der Waals surface area (Å²) in [5.74, 6) is 0.537. The van der Waals surface area contributed by atoms with Crippen molar-refractivity contribution in [3.8, 4) is 11.3 Å². The van der Waals surface area contributed by atoms with E-state index in [0.29, 0.717) is 11.6 Å². The highest BCUT2D eigenvalue weighted by Crippen LogP contribution is 2.29. The molecule has 4 heterocycles. The van der Waals surface area contributed by atoms with Gasteiger partial charge in [0.25, 0.3) is 0 Å². The molecule has 0 atom stereocenters. The summed E-state index contributed by atoms with van der Waals surface area (Å²) in [6, 6.07) is 16.5. The second-order valence-electron chi connectivity index (χ2n) is 7.50. The number of anilines is 3. The number of H-pyrrole nitrogens is 1. The molecule has 0 aliphatic carbocycles. The van der Waals surface area contributed by atoms with Gasteiger partial charge in [-0.05, 0) is 36.4 Å². The summed E-state index contributed by atoms with van der Waals surface area (Å²) in [4.78, 5) is 14.9. The number of aromatic amines is 1. The van der Waals surface area contributed by atoms with E-state index in [1.54, 1.807) is 10.7 Å². The molecule has 0 spiro atoms. The average molecular weight is 411 g/mol. The van der Waals surface area contributed by atoms with Crippen LogP contribution in [0.15, 0.2) is 67.1 Å². The third-order valence-corrected chi connectivity index (χ3v) is 5.60. The zero-order chi connectivity index (χ0) is 20.6. The van der Waals surface area contributed by atoms with Gasteiger partial charge in [-0.1, -0.05) is 12.1 Å². The lowest BCUT2D eigenvalue weighted by molar-refractivity contribution is 0.122. The summed E-state index contributed by atoms with van der Waals surface area (Å²) in [7, 11) is 0. The third-order valence-electron chi connectivity index (χ3n) is 5.60. The van der Waals surface area contributed by atoms with Crippen LogP contribution in [0, 0.1) is 0 Å². The Morgan fingerprint density at radius 2 is 1.87 bits per heavy atom. The highest BCUT2D eigenvalue weighted by atomic mass is 16.5. The van der Waals surface area contributed by atoms with Gasteiger partial charge >= 0.3 is 0 Å². The minimum Gasteiger partial charge on any atom is -0.378 e. The van der Waals surface area contributed by atoms with Crippen LogP contribution in [0.5, 0.6) is 0 Å². The van der Waals surface area contributed by atoms with Crippen LogP contribution in [-0.2, 0) is 4.74 Å². The molecule has 0 bridgehead atoms. The molecule has 5 aromatic rings. The van der Waals surface area contributed by atoms with Gasteiger partial charge < -0.3 is 19.9 Å². The molecular weight excluding hydrogens is 390 g/mol. The summed E-state index contributed by atoms with van der Waals surface area (Å²) >= 11 is 0. The van der Waals surface area contributed by atoms with E-state index in [-0.39, 0.29) is 0 Å². The lowest BCUT2D eigenvalue weighted by Crippen LogP contribution is -2.36. The zero-order valence-corrected chi connectivity index (χ0v) is 16.8. The summed E-state index contributed by atoms with van der Waals surface area (Å²) in [6.45, 7) is 3.39. The minimum absolute atomic E-state index is 0.537. The minimum atomic E-state index is 0.537. The Labute approximate surface area is 178 Å². The van der Waals surface area contributed by atoms with Gasteiger partial charge in [0.2, 0.25) is 5.95 Å². The molecule has 2 aromatic carbocycles. The van der Waals surface area contributed by atoms with Crippen LogP contribution in [0.1, 0.15) is 0 Å². The number of fused-ring (bicyclic) bond motifs is 2. The fourth-order valence-corrected chi connectivity index (χ4v) is 4.06. The number of rotatable bonds is 4. The molecule has 1 fully saturated rings. The van der Waals surface area contributed by atoms with Crippen molar-refractivity contribution in [1.82, 2.24) is 24.6 Å². The number of aromatic nitrogens is 5. The number of nitrogens with one attached hydrogen (secondary N) is 2. The van der Waals surface area contributed by atoms with Crippen LogP contribution >= 0.6 is 0 Å². The van der Waals surface area contributed by atoms with E-state index in [9.17, 15) is 0 Å². The van der Waals surface area contributed by atoms with E-state index in [1.807, 2.05) is 18.5 Å². The van der Waals surface area contributed by atoms with Gasteiger partial charge in [-0.15, -0.1) is 5.10 Å². The smallest absolute Gasteiger partial charge is 0.247 e. The van der Waals surface area contributed by atoms with E-state index >= 15 is 0 Å². The van der Waals surface area contributed by atoms with E-state index in [2.05, 4.69) is 67.7 Å². The Kier molecular flexibility index (Phi) is 4.28. The van der Waals surface area contributed by atoms with Gasteiger partial charge in [0.05, 0.1) is 13.2 Å². The van der Waals surface area contributed by atoms with Crippen LogP contribution in [0.2, 0.25) is 0 Å². The number of ether oxygens (including phenoxy) is 1. The Bertz CT molecular complexity index is 1350. The van der Waals surface area contributed by atoms with Crippen molar-refractivity contribution in [2.24, 2.45) is 0 Å². The molecule has 8 heteroatoms. The van der Waals surface area contributed by atoms with Gasteiger partial charge in [-0.3, -0.25) is 4.98 Å². The number of benzene rings is 2. The van der Waals surface area contributed by atoms with Crippen LogP contribution in [0.4, 0.5) is 17.3 Å². The Morgan fingerprint density at radius 3 is 2.74 bits per heavy atom. The molecule has 6 rings (SSSR count). The standard InChI is InChI=1S/C23H21N7O/c1-2-19(18-8-9-24-20(18)3-1)21-22-27-23(28-30(22)11-10-25-21)26-16-4-6-17(7-5-16)29-12-14-31-15-13-29/h1-11,24H,12-15H2,(H,26,28). The molecule has 8 nitrogen and oxygen atoms in total. The molecule has 0 radical (unpaired) electrons. The van der Waals surface area contributed by atoms with E-state index < -0.39 is 0 Å². The first-order valence-corrected chi connectivity index (χ1v) is 10.3. The fraction of sp³-hybridized carbons (Fsp3) is 0.174. The highest BCUT2D eigenvalue weighted by Gasteiger charge is 2.15. The lowest BCUT2D eigenvalue weighted by Gasteiger charge is -2.28. The summed E-state index contributed by atoms with van der Waals surface area (Å²) < 4.78 is 7.20. The van der Waals surface area contributed by atoms with E-state index in [4.69, 9.17) is 9.72 Å². The largest absolute Gasteiger partial charge is 0.378 e. The lowest BCUT2D eigenvalue weighted by atomic mass is 10.1. The number of morpholine rings is 1. The number of hydrogen-bond donors (Lipinski definition) is 2. The van der Waals surface area contributed by atoms with Crippen molar-refractivity contribution < 1.29 is 4.74 Å². The molecule has 1 saturated heterocycles.